The van der Waals surface area contributed by atoms with Gasteiger partial charge < -0.3 is 19.3 Å². The first kappa shape index (κ1) is 13.5. The molecule has 0 radical (unpaired) electrons. The van der Waals surface area contributed by atoms with Crippen molar-refractivity contribution in [2.75, 3.05) is 6.54 Å². The van der Waals surface area contributed by atoms with Crippen LogP contribution >= 0.6 is 0 Å². The number of benzene rings is 1. The molecule has 0 fully saturated rings. The molecule has 2 N–H and O–H groups in total. The monoisotopic (exact) mass is 285 g/mol. The largest absolute Gasteiger partial charge is 0.472 e. The van der Waals surface area contributed by atoms with Gasteiger partial charge in [0.05, 0.1) is 11.8 Å². The zero-order valence-corrected chi connectivity index (χ0v) is 11.3. The van der Waals surface area contributed by atoms with Gasteiger partial charge in [-0.2, -0.15) is 0 Å². The number of nitrogens with one attached hydrogen (secondary N) is 1. The second-order valence-corrected chi connectivity index (χ2v) is 4.76. The summed E-state index contributed by atoms with van der Waals surface area (Å²) in [6.45, 7) is 0.349. The van der Waals surface area contributed by atoms with Crippen LogP contribution in [-0.4, -0.2) is 17.6 Å². The van der Waals surface area contributed by atoms with Crippen molar-refractivity contribution in [3.05, 3.63) is 60.2 Å². The molecule has 2 heterocycles. The van der Waals surface area contributed by atoms with Crippen molar-refractivity contribution in [2.24, 2.45) is 0 Å². The van der Waals surface area contributed by atoms with E-state index in [1.807, 2.05) is 30.3 Å². The maximum absolute atomic E-state index is 11.7. The van der Waals surface area contributed by atoms with Crippen LogP contribution in [0.2, 0.25) is 0 Å². The maximum atomic E-state index is 11.7. The topological polar surface area (TPSA) is 75.6 Å². The van der Waals surface area contributed by atoms with Gasteiger partial charge in [-0.25, -0.2) is 0 Å². The molecule has 1 aromatic carbocycles. The van der Waals surface area contributed by atoms with Crippen molar-refractivity contribution in [3.63, 3.8) is 0 Å². The maximum Gasteiger partial charge on any atom is 0.254 e. The van der Waals surface area contributed by atoms with Gasteiger partial charge in [-0.1, -0.05) is 18.2 Å². The van der Waals surface area contributed by atoms with E-state index in [0.29, 0.717) is 24.3 Å². The molecular formula is C16H15NO4. The van der Waals surface area contributed by atoms with Crippen LogP contribution in [0.15, 0.2) is 57.8 Å². The molecule has 0 saturated heterocycles. The van der Waals surface area contributed by atoms with Crippen LogP contribution in [0.4, 0.5) is 0 Å². The summed E-state index contributed by atoms with van der Waals surface area (Å²) in [4.78, 5) is 11.7. The summed E-state index contributed by atoms with van der Waals surface area (Å²) in [6, 6.07) is 11.0. The van der Waals surface area contributed by atoms with Crippen LogP contribution in [-0.2, 0) is 0 Å². The molecule has 3 rings (SSSR count). The van der Waals surface area contributed by atoms with E-state index < -0.39 is 6.10 Å². The minimum absolute atomic E-state index is 0.222. The number of furan rings is 2. The van der Waals surface area contributed by atoms with Gasteiger partial charge in [-0.05, 0) is 24.6 Å². The number of amides is 1. The highest BCUT2D eigenvalue weighted by molar-refractivity contribution is 5.93. The zero-order valence-electron chi connectivity index (χ0n) is 11.3. The van der Waals surface area contributed by atoms with Crippen LogP contribution in [0.3, 0.4) is 0 Å². The van der Waals surface area contributed by atoms with E-state index >= 15 is 0 Å². The summed E-state index contributed by atoms with van der Waals surface area (Å²) in [7, 11) is 0. The Morgan fingerprint density at radius 2 is 2.14 bits per heavy atom. The average molecular weight is 285 g/mol. The lowest BCUT2D eigenvalue weighted by Crippen LogP contribution is -2.25. The van der Waals surface area contributed by atoms with Crippen LogP contribution in [0.1, 0.15) is 28.6 Å². The SMILES string of the molecule is O=C(NCCC(O)c1cc2ccccc2o1)c1ccoc1. The van der Waals surface area contributed by atoms with Gasteiger partial charge >= 0.3 is 0 Å². The number of para-hydroxylation sites is 1. The number of fused-ring (bicyclic) bond motifs is 1. The summed E-state index contributed by atoms with van der Waals surface area (Å²) in [5, 5.41) is 13.8. The molecule has 3 aromatic rings. The zero-order chi connectivity index (χ0) is 14.7. The fourth-order valence-corrected chi connectivity index (χ4v) is 2.13. The first-order valence-corrected chi connectivity index (χ1v) is 6.71. The van der Waals surface area contributed by atoms with Crippen LogP contribution in [0.5, 0.6) is 0 Å². The lowest BCUT2D eigenvalue weighted by molar-refractivity contribution is 0.0936. The number of aliphatic hydroxyl groups excluding tert-OH is 1. The number of hydrogen-bond donors (Lipinski definition) is 2. The Morgan fingerprint density at radius 1 is 1.29 bits per heavy atom. The van der Waals surface area contributed by atoms with Crippen molar-refractivity contribution >= 4 is 16.9 Å². The molecule has 0 saturated carbocycles. The van der Waals surface area contributed by atoms with E-state index in [9.17, 15) is 9.90 Å². The fraction of sp³-hybridized carbons (Fsp3) is 0.188. The van der Waals surface area contributed by atoms with Gasteiger partial charge in [0.15, 0.2) is 0 Å². The molecule has 1 amide bonds. The smallest absolute Gasteiger partial charge is 0.254 e. The number of carbonyl (C=O) groups excluding carboxylic acids is 1. The second-order valence-electron chi connectivity index (χ2n) is 4.76. The lowest BCUT2D eigenvalue weighted by atomic mass is 10.2. The van der Waals surface area contributed by atoms with Crippen molar-refractivity contribution in [2.45, 2.75) is 12.5 Å². The molecule has 108 valence electrons. The number of carbonyl (C=O) groups is 1. The lowest BCUT2D eigenvalue weighted by Gasteiger charge is -2.08. The highest BCUT2D eigenvalue weighted by Gasteiger charge is 2.14. The van der Waals surface area contributed by atoms with E-state index in [4.69, 9.17) is 8.83 Å². The molecule has 0 aliphatic rings. The van der Waals surface area contributed by atoms with E-state index in [2.05, 4.69) is 5.32 Å². The predicted molar refractivity (Wildman–Crippen MR) is 76.8 cm³/mol. The van der Waals surface area contributed by atoms with Gasteiger partial charge in [0, 0.05) is 11.9 Å². The molecular weight excluding hydrogens is 270 g/mol. The molecule has 21 heavy (non-hydrogen) atoms. The quantitative estimate of drug-likeness (QED) is 0.755. The molecule has 1 atom stereocenters. The first-order valence-electron chi connectivity index (χ1n) is 6.71. The first-order chi connectivity index (χ1) is 10.2. The van der Waals surface area contributed by atoms with Gasteiger partial charge in [-0.15, -0.1) is 0 Å². The predicted octanol–water partition coefficient (Wildman–Crippen LogP) is 2.88. The molecule has 0 bridgehead atoms. The Morgan fingerprint density at radius 3 is 2.90 bits per heavy atom. The van der Waals surface area contributed by atoms with Crippen LogP contribution < -0.4 is 5.32 Å². The van der Waals surface area contributed by atoms with Gasteiger partial charge in [0.25, 0.3) is 5.91 Å². The molecule has 0 spiro atoms. The summed E-state index contributed by atoms with van der Waals surface area (Å²) in [5.74, 6) is 0.286. The van der Waals surface area contributed by atoms with E-state index in [-0.39, 0.29) is 5.91 Å². The van der Waals surface area contributed by atoms with Crippen LogP contribution in [0.25, 0.3) is 11.0 Å². The third kappa shape index (κ3) is 2.98. The third-order valence-corrected chi connectivity index (χ3v) is 3.26. The molecule has 2 aromatic heterocycles. The molecule has 1 unspecified atom stereocenters. The van der Waals surface area contributed by atoms with E-state index in [0.717, 1.165) is 11.0 Å². The Balaban J connectivity index is 1.56. The standard InChI is InChI=1S/C16H15NO4/c18-13(5-7-17-16(19)12-6-8-20-10-12)15-9-11-3-1-2-4-14(11)21-15/h1-4,6,8-10,13,18H,5,7H2,(H,17,19). The summed E-state index contributed by atoms with van der Waals surface area (Å²) in [6.07, 6.45) is 2.45. The molecule has 5 nitrogen and oxygen atoms in total. The van der Waals surface area contributed by atoms with Crippen molar-refractivity contribution < 1.29 is 18.7 Å². The van der Waals surface area contributed by atoms with Gasteiger partial charge in [0.2, 0.25) is 0 Å². The van der Waals surface area contributed by atoms with Crippen molar-refractivity contribution in [3.8, 4) is 0 Å². The Kier molecular flexibility index (Phi) is 3.75. The van der Waals surface area contributed by atoms with Crippen LogP contribution in [0, 0.1) is 0 Å². The molecule has 0 aliphatic carbocycles. The summed E-state index contributed by atoms with van der Waals surface area (Å²) >= 11 is 0. The molecule has 0 aliphatic heterocycles. The van der Waals surface area contributed by atoms with E-state index in [1.54, 1.807) is 6.07 Å². The Labute approximate surface area is 121 Å². The fourth-order valence-electron chi connectivity index (χ4n) is 2.13. The second kappa shape index (κ2) is 5.85. The number of rotatable bonds is 5. The molecule has 5 heteroatoms. The summed E-state index contributed by atoms with van der Waals surface area (Å²) < 4.78 is 10.4. The third-order valence-electron chi connectivity index (χ3n) is 3.26. The number of aliphatic hydroxyl groups is 1. The minimum atomic E-state index is -0.748. The highest BCUT2D eigenvalue weighted by Crippen LogP contribution is 2.25. The summed E-state index contributed by atoms with van der Waals surface area (Å²) in [5.41, 5.74) is 1.21. The van der Waals surface area contributed by atoms with Gasteiger partial charge in [0.1, 0.15) is 23.7 Å². The van der Waals surface area contributed by atoms with Gasteiger partial charge in [-0.3, -0.25) is 4.79 Å². The normalized spacial score (nSPS) is 12.4. The highest BCUT2D eigenvalue weighted by atomic mass is 16.4. The average Bonchev–Trinajstić information content (AvgIpc) is 3.16. The Bertz CT molecular complexity index is 697. The van der Waals surface area contributed by atoms with Crippen molar-refractivity contribution in [1.29, 1.82) is 0 Å². The number of hydrogen-bond acceptors (Lipinski definition) is 4. The van der Waals surface area contributed by atoms with E-state index in [1.165, 1.54) is 12.5 Å². The van der Waals surface area contributed by atoms with Crippen molar-refractivity contribution in [1.82, 2.24) is 5.32 Å². The minimum Gasteiger partial charge on any atom is -0.472 e. The Hall–Kier alpha value is -2.53.